The number of carbonyl (C=O) groups is 1. The lowest BCUT2D eigenvalue weighted by atomic mass is 9.96. The van der Waals surface area contributed by atoms with Gasteiger partial charge in [-0.05, 0) is 55.6 Å². The highest BCUT2D eigenvalue weighted by Gasteiger charge is 2.20. The molecule has 1 aliphatic heterocycles. The molecule has 1 N–H and O–H groups in total. The predicted octanol–water partition coefficient (Wildman–Crippen LogP) is 2.18. The molecule has 0 aliphatic carbocycles. The summed E-state index contributed by atoms with van der Waals surface area (Å²) in [7, 11) is 1.77. The Labute approximate surface area is 164 Å². The van der Waals surface area contributed by atoms with Crippen LogP contribution in [0.4, 0.5) is 5.95 Å². The molecule has 2 aromatic heterocycles. The number of carbonyl (C=O) groups excluding carboxylic acids is 1. The highest BCUT2D eigenvalue weighted by Crippen LogP contribution is 2.21. The van der Waals surface area contributed by atoms with Crippen LogP contribution in [-0.4, -0.2) is 48.4 Å². The van der Waals surface area contributed by atoms with Crippen LogP contribution in [0.5, 0.6) is 0 Å². The molecule has 0 radical (unpaired) electrons. The smallest absolute Gasteiger partial charge is 0.258 e. The zero-order valence-corrected chi connectivity index (χ0v) is 16.0. The average molecular weight is 379 g/mol. The van der Waals surface area contributed by atoms with E-state index in [0.717, 1.165) is 31.7 Å². The number of hydrogen-bond donors (Lipinski definition) is 1. The van der Waals surface area contributed by atoms with Gasteiger partial charge < -0.3 is 0 Å². The third kappa shape index (κ3) is 4.64. The molecule has 1 saturated heterocycles. The SMILES string of the molecule is Cn1cnc(NC(=O)c2cccc(CN3CCC(Cn4cccn4)CC3)c2)n1. The number of benzene rings is 1. The molecule has 8 nitrogen and oxygen atoms in total. The fourth-order valence-corrected chi connectivity index (χ4v) is 3.64. The molecule has 4 rings (SSSR count). The first kappa shape index (κ1) is 18.4. The van der Waals surface area contributed by atoms with Crippen molar-refractivity contribution in [3.63, 3.8) is 0 Å². The summed E-state index contributed by atoms with van der Waals surface area (Å²) in [5.41, 5.74) is 1.77. The van der Waals surface area contributed by atoms with Gasteiger partial charge in [0.1, 0.15) is 6.33 Å². The summed E-state index contributed by atoms with van der Waals surface area (Å²) in [5, 5.41) is 11.1. The summed E-state index contributed by atoms with van der Waals surface area (Å²) < 4.78 is 3.58. The summed E-state index contributed by atoms with van der Waals surface area (Å²) >= 11 is 0. The maximum absolute atomic E-state index is 12.4. The van der Waals surface area contributed by atoms with Gasteiger partial charge in [0.25, 0.3) is 5.91 Å². The standard InChI is InChI=1S/C20H25N7O/c1-25-15-21-20(24-25)23-19(28)18-5-2-4-17(12-18)13-26-10-6-16(7-11-26)14-27-9-3-8-22-27/h2-5,8-9,12,15-16H,6-7,10-11,13-14H2,1H3,(H,23,24,28). The van der Waals surface area contributed by atoms with E-state index in [0.29, 0.717) is 17.4 Å². The highest BCUT2D eigenvalue weighted by molar-refractivity contribution is 6.03. The number of hydrogen-bond acceptors (Lipinski definition) is 5. The molecule has 3 heterocycles. The first-order valence-corrected chi connectivity index (χ1v) is 9.61. The number of nitrogens with one attached hydrogen (secondary N) is 1. The molecule has 8 heteroatoms. The molecule has 1 aromatic carbocycles. The van der Waals surface area contributed by atoms with Crippen LogP contribution in [0.15, 0.2) is 49.1 Å². The third-order valence-corrected chi connectivity index (χ3v) is 5.13. The molecule has 3 aromatic rings. The van der Waals surface area contributed by atoms with E-state index in [1.165, 1.54) is 12.8 Å². The number of aryl methyl sites for hydroxylation is 1. The minimum absolute atomic E-state index is 0.189. The Morgan fingerprint density at radius 3 is 2.82 bits per heavy atom. The zero-order chi connectivity index (χ0) is 19.3. The maximum Gasteiger partial charge on any atom is 0.258 e. The van der Waals surface area contributed by atoms with Gasteiger partial charge in [0.05, 0.1) is 0 Å². The molecule has 0 bridgehead atoms. The first-order chi connectivity index (χ1) is 13.7. The van der Waals surface area contributed by atoms with Crippen LogP contribution in [0.3, 0.4) is 0 Å². The van der Waals surface area contributed by atoms with Crippen molar-refractivity contribution in [3.8, 4) is 0 Å². The van der Waals surface area contributed by atoms with E-state index in [-0.39, 0.29) is 5.91 Å². The van der Waals surface area contributed by atoms with E-state index < -0.39 is 0 Å². The normalized spacial score (nSPS) is 15.6. The topological polar surface area (TPSA) is 80.9 Å². The average Bonchev–Trinajstić information content (AvgIpc) is 3.35. The second kappa shape index (κ2) is 8.35. The van der Waals surface area contributed by atoms with E-state index in [4.69, 9.17) is 0 Å². The minimum Gasteiger partial charge on any atom is -0.299 e. The predicted molar refractivity (Wildman–Crippen MR) is 106 cm³/mol. The van der Waals surface area contributed by atoms with Crippen molar-refractivity contribution < 1.29 is 4.79 Å². The molecule has 0 atom stereocenters. The Balaban J connectivity index is 1.30. The van der Waals surface area contributed by atoms with Crippen LogP contribution in [0.25, 0.3) is 0 Å². The number of likely N-dealkylation sites (tertiary alicyclic amines) is 1. The number of piperidine rings is 1. The molecule has 0 unspecified atom stereocenters. The molecule has 1 aliphatic rings. The lowest BCUT2D eigenvalue weighted by Gasteiger charge is -2.32. The monoisotopic (exact) mass is 379 g/mol. The Morgan fingerprint density at radius 2 is 2.11 bits per heavy atom. The fraction of sp³-hybridized carbons (Fsp3) is 0.400. The van der Waals surface area contributed by atoms with Crippen LogP contribution in [-0.2, 0) is 20.1 Å². The molecule has 146 valence electrons. The van der Waals surface area contributed by atoms with E-state index in [1.54, 1.807) is 18.1 Å². The van der Waals surface area contributed by atoms with E-state index >= 15 is 0 Å². The number of anilines is 1. The lowest BCUT2D eigenvalue weighted by Crippen LogP contribution is -2.34. The molecule has 0 spiro atoms. The van der Waals surface area contributed by atoms with Crippen LogP contribution in [0, 0.1) is 5.92 Å². The van der Waals surface area contributed by atoms with Crippen LogP contribution >= 0.6 is 0 Å². The molecule has 28 heavy (non-hydrogen) atoms. The number of amides is 1. The number of aromatic nitrogens is 5. The second-order valence-electron chi connectivity index (χ2n) is 7.34. The fourth-order valence-electron chi connectivity index (χ4n) is 3.64. The summed E-state index contributed by atoms with van der Waals surface area (Å²) in [4.78, 5) is 18.9. The van der Waals surface area contributed by atoms with Crippen LogP contribution in [0.1, 0.15) is 28.8 Å². The van der Waals surface area contributed by atoms with Gasteiger partial charge in [-0.15, -0.1) is 5.10 Å². The Hall–Kier alpha value is -3.00. The first-order valence-electron chi connectivity index (χ1n) is 9.61. The minimum atomic E-state index is -0.189. The second-order valence-corrected chi connectivity index (χ2v) is 7.34. The van der Waals surface area contributed by atoms with Gasteiger partial charge in [0, 0.05) is 38.1 Å². The molecule has 1 amide bonds. The van der Waals surface area contributed by atoms with Crippen LogP contribution in [0.2, 0.25) is 0 Å². The maximum atomic E-state index is 12.4. The largest absolute Gasteiger partial charge is 0.299 e. The third-order valence-electron chi connectivity index (χ3n) is 5.13. The van der Waals surface area contributed by atoms with Gasteiger partial charge in [0.15, 0.2) is 0 Å². The van der Waals surface area contributed by atoms with Gasteiger partial charge in [-0.2, -0.15) is 5.10 Å². The van der Waals surface area contributed by atoms with Crippen molar-refractivity contribution in [3.05, 3.63) is 60.2 Å². The molecule has 1 fully saturated rings. The summed E-state index contributed by atoms with van der Waals surface area (Å²) in [6, 6.07) is 9.75. The van der Waals surface area contributed by atoms with E-state index in [2.05, 4.69) is 31.5 Å². The Morgan fingerprint density at radius 1 is 1.25 bits per heavy atom. The summed E-state index contributed by atoms with van der Waals surface area (Å²) in [6.45, 7) is 4.00. The number of nitrogens with zero attached hydrogens (tertiary/aromatic N) is 6. The molecular formula is C20H25N7O. The van der Waals surface area contributed by atoms with Gasteiger partial charge in [0.2, 0.25) is 5.95 Å². The molecular weight excluding hydrogens is 354 g/mol. The Bertz CT molecular complexity index is 910. The van der Waals surface area contributed by atoms with Crippen molar-refractivity contribution in [2.75, 3.05) is 18.4 Å². The van der Waals surface area contributed by atoms with Gasteiger partial charge in [-0.25, -0.2) is 4.98 Å². The zero-order valence-electron chi connectivity index (χ0n) is 16.0. The quantitative estimate of drug-likeness (QED) is 0.710. The van der Waals surface area contributed by atoms with Crippen molar-refractivity contribution in [1.29, 1.82) is 0 Å². The van der Waals surface area contributed by atoms with Gasteiger partial charge >= 0.3 is 0 Å². The van der Waals surface area contributed by atoms with Gasteiger partial charge in [-0.1, -0.05) is 12.1 Å². The summed E-state index contributed by atoms with van der Waals surface area (Å²) in [6.07, 6.45) is 7.77. The van der Waals surface area contributed by atoms with Gasteiger partial charge in [-0.3, -0.25) is 24.4 Å². The van der Waals surface area contributed by atoms with Crippen LogP contribution < -0.4 is 5.32 Å². The Kier molecular flexibility index (Phi) is 5.48. The van der Waals surface area contributed by atoms with Crippen molar-refractivity contribution in [2.45, 2.75) is 25.9 Å². The lowest BCUT2D eigenvalue weighted by molar-refractivity contribution is 0.102. The number of rotatable bonds is 6. The van der Waals surface area contributed by atoms with Crippen molar-refractivity contribution in [1.82, 2.24) is 29.4 Å². The van der Waals surface area contributed by atoms with E-state index in [1.807, 2.05) is 41.3 Å². The van der Waals surface area contributed by atoms with Crippen molar-refractivity contribution in [2.24, 2.45) is 13.0 Å². The van der Waals surface area contributed by atoms with Crippen molar-refractivity contribution >= 4 is 11.9 Å². The van der Waals surface area contributed by atoms with E-state index in [9.17, 15) is 4.79 Å². The summed E-state index contributed by atoms with van der Waals surface area (Å²) in [5.74, 6) is 0.808. The highest BCUT2D eigenvalue weighted by atomic mass is 16.1. The molecule has 0 saturated carbocycles.